The highest BCUT2D eigenvalue weighted by Crippen LogP contribution is 2.46. The van der Waals surface area contributed by atoms with Crippen LogP contribution >= 0.6 is 8.24 Å². The van der Waals surface area contributed by atoms with E-state index >= 15 is 0 Å². The first-order valence-corrected chi connectivity index (χ1v) is 16.3. The van der Waals surface area contributed by atoms with Gasteiger partial charge in [0.25, 0.3) is 0 Å². The summed E-state index contributed by atoms with van der Waals surface area (Å²) in [6.07, 6.45) is 20.3. The summed E-state index contributed by atoms with van der Waals surface area (Å²) in [7, 11) is -2.44. The first-order valence-electron chi connectivity index (χ1n) is 15.2. The second kappa shape index (κ2) is 10.3. The van der Waals surface area contributed by atoms with Gasteiger partial charge in [0.05, 0.1) is 0 Å². The minimum Gasteiger partial charge on any atom is -0.398 e. The van der Waals surface area contributed by atoms with Crippen molar-refractivity contribution in [2.24, 2.45) is 0 Å². The highest BCUT2D eigenvalue weighted by atomic mass is 31.1. The van der Waals surface area contributed by atoms with Gasteiger partial charge in [0.1, 0.15) is 0 Å². The van der Waals surface area contributed by atoms with Crippen LogP contribution in [0.4, 0.5) is 0 Å². The van der Waals surface area contributed by atoms with Gasteiger partial charge in [0.2, 0.25) is 0 Å². The largest absolute Gasteiger partial charge is 0.398 e. The maximum absolute atomic E-state index is 13.3. The first-order chi connectivity index (χ1) is 22.5. The number of rotatable bonds is 2. The Balaban J connectivity index is 1.44. The molecule has 1 aromatic heterocycles. The number of allylic oxidation sites excluding steroid dienone is 16. The molecule has 0 amide bonds. The molecule has 5 aromatic rings. The molecule has 4 aliphatic carbocycles. The predicted octanol–water partition coefficient (Wildman–Crippen LogP) is 9.91. The van der Waals surface area contributed by atoms with Gasteiger partial charge in [-0.05, 0) is 93.1 Å². The molecule has 1 N–H and O–H groups in total. The Hall–Kier alpha value is -5.48. The lowest BCUT2D eigenvalue weighted by atomic mass is 9.84. The monoisotopic (exact) mass is 616 g/mol. The molecule has 6 heteroatoms. The summed E-state index contributed by atoms with van der Waals surface area (Å²) in [4.78, 5) is 38.1. The van der Waals surface area contributed by atoms with Crippen LogP contribution in [0, 0.1) is 0 Å². The van der Waals surface area contributed by atoms with E-state index < -0.39 is 8.24 Å². The molecule has 0 unspecified atom stereocenters. The minimum atomic E-state index is -2.44. The Morgan fingerprint density at radius 3 is 1.54 bits per heavy atom. The molecule has 0 aliphatic heterocycles. The van der Waals surface area contributed by atoms with Gasteiger partial charge in [0.15, 0.2) is 22.7 Å². The lowest BCUT2D eigenvalue weighted by molar-refractivity contribution is -0.111. The van der Waals surface area contributed by atoms with E-state index in [0.717, 1.165) is 54.6 Å². The van der Waals surface area contributed by atoms with Crippen molar-refractivity contribution in [2.45, 2.75) is 12.8 Å². The van der Waals surface area contributed by atoms with Gasteiger partial charge >= 0.3 is 8.24 Å². The number of carbonyl (C=O) groups is 2. The molecule has 1 heterocycles. The van der Waals surface area contributed by atoms with Gasteiger partial charge in [-0.15, -0.1) is 0 Å². The van der Waals surface area contributed by atoms with Crippen LogP contribution in [0.15, 0.2) is 152 Å². The average molecular weight is 617 g/mol. The Morgan fingerprint density at radius 1 is 0.609 bits per heavy atom. The summed E-state index contributed by atoms with van der Waals surface area (Å²) in [6, 6.07) is 20.2. The zero-order chi connectivity index (χ0) is 30.9. The van der Waals surface area contributed by atoms with Crippen molar-refractivity contribution in [1.29, 1.82) is 0 Å². The first kappa shape index (κ1) is 26.9. The standard InChI is InChI=1S/C40H25O5P/c41-35-21-27(17-23-9-1-5-13-29(23)35)33-19-25-11-3-7-15-31(25)37-38-32-16-8-4-12-26(32)20-34(40(38)45-46(43)44-39(33)37)28-18-24-10-2-6-14-30(24)36(42)22-28/h1-8,11-22,43H,9-10H2. The van der Waals surface area contributed by atoms with Crippen LogP contribution < -0.4 is 0 Å². The molecule has 4 aromatic carbocycles. The number of ketones is 2. The molecule has 5 nitrogen and oxygen atoms in total. The van der Waals surface area contributed by atoms with Gasteiger partial charge in [-0.1, -0.05) is 85.0 Å². The van der Waals surface area contributed by atoms with Gasteiger partial charge < -0.3 is 8.39 Å². The molecule has 4 aliphatic rings. The van der Waals surface area contributed by atoms with Crippen molar-refractivity contribution in [3.8, 4) is 0 Å². The zero-order valence-corrected chi connectivity index (χ0v) is 25.4. The van der Waals surface area contributed by atoms with E-state index in [1.54, 1.807) is 12.2 Å². The minimum absolute atomic E-state index is 0.0593. The fraction of sp³-hybridized carbons (Fsp3) is 0.0500. The van der Waals surface area contributed by atoms with E-state index in [9.17, 15) is 14.5 Å². The fourth-order valence-electron chi connectivity index (χ4n) is 7.06. The van der Waals surface area contributed by atoms with E-state index in [1.165, 1.54) is 0 Å². The van der Waals surface area contributed by atoms with Crippen LogP contribution in [0.2, 0.25) is 0 Å². The second-order valence-corrected chi connectivity index (χ2v) is 12.7. The Morgan fingerprint density at radius 2 is 1.07 bits per heavy atom. The smallest absolute Gasteiger partial charge is 0.384 e. The van der Waals surface area contributed by atoms with E-state index in [1.807, 2.05) is 109 Å². The number of benzene rings is 4. The van der Waals surface area contributed by atoms with Gasteiger partial charge in [-0.2, -0.15) is 0 Å². The molecular weight excluding hydrogens is 591 g/mol. The summed E-state index contributed by atoms with van der Waals surface area (Å²) in [5.41, 5.74) is 7.05. The third-order valence-electron chi connectivity index (χ3n) is 9.14. The van der Waals surface area contributed by atoms with Crippen molar-refractivity contribution < 1.29 is 22.9 Å². The lowest BCUT2D eigenvalue weighted by Crippen LogP contribution is -2.09. The van der Waals surface area contributed by atoms with E-state index in [-0.39, 0.29) is 11.6 Å². The van der Waals surface area contributed by atoms with Crippen molar-refractivity contribution in [3.63, 3.8) is 0 Å². The Bertz CT molecular complexity index is 2380. The Kier molecular flexibility index (Phi) is 6.01. The van der Waals surface area contributed by atoms with Crippen molar-refractivity contribution in [3.05, 3.63) is 155 Å². The number of fused-ring (bicyclic) bond motifs is 9. The van der Waals surface area contributed by atoms with E-state index in [4.69, 9.17) is 8.39 Å². The van der Waals surface area contributed by atoms with Crippen LogP contribution in [-0.2, 0) is 9.59 Å². The van der Waals surface area contributed by atoms with Crippen molar-refractivity contribution >= 4 is 74.4 Å². The quantitative estimate of drug-likeness (QED) is 0.214. The summed E-state index contributed by atoms with van der Waals surface area (Å²) in [5, 5.41) is 5.30. The maximum atomic E-state index is 13.3. The van der Waals surface area contributed by atoms with E-state index in [0.29, 0.717) is 46.3 Å². The van der Waals surface area contributed by atoms with Crippen LogP contribution in [-0.4, -0.2) is 16.5 Å². The molecule has 0 atom stereocenters. The van der Waals surface area contributed by atoms with Gasteiger partial charge in [0, 0.05) is 33.0 Å². The fourth-order valence-corrected chi connectivity index (χ4v) is 7.79. The molecule has 0 radical (unpaired) electrons. The highest BCUT2D eigenvalue weighted by Gasteiger charge is 2.26. The summed E-state index contributed by atoms with van der Waals surface area (Å²) in [5.74, 6) is -0.119. The Labute approximate surface area is 264 Å². The van der Waals surface area contributed by atoms with Crippen molar-refractivity contribution in [2.75, 3.05) is 0 Å². The molecule has 9 rings (SSSR count). The number of hydrogen-bond acceptors (Lipinski definition) is 5. The SMILES string of the molecule is O=C1C=C(c2cc3ccccc3c3c2op(O)oc2c(C4=CC(=O)C5=CC=CCC5=C4)cc4ccccc4c23)C=C2CC=CC=C12. The van der Waals surface area contributed by atoms with Gasteiger partial charge in [-0.3, -0.25) is 14.5 Å². The molecule has 0 saturated carbocycles. The average Bonchev–Trinajstić information content (AvgIpc) is 3.24. The van der Waals surface area contributed by atoms with Crippen molar-refractivity contribution in [1.82, 2.24) is 0 Å². The number of hydrogen-bond donors (Lipinski definition) is 1. The molecule has 0 saturated heterocycles. The third-order valence-corrected chi connectivity index (χ3v) is 9.82. The molecule has 0 fully saturated rings. The summed E-state index contributed by atoms with van der Waals surface area (Å²) >= 11 is 0. The highest BCUT2D eigenvalue weighted by molar-refractivity contribution is 7.30. The molecule has 220 valence electrons. The van der Waals surface area contributed by atoms with Crippen LogP contribution in [0.25, 0.3) is 54.6 Å². The van der Waals surface area contributed by atoms with Gasteiger partial charge in [-0.25, -0.2) is 0 Å². The molecular formula is C40H25O5P. The number of carbonyl (C=O) groups excluding carboxylic acids is 2. The topological polar surface area (TPSA) is 80.7 Å². The van der Waals surface area contributed by atoms with Crippen LogP contribution in [0.5, 0.6) is 0 Å². The predicted molar refractivity (Wildman–Crippen MR) is 185 cm³/mol. The maximum Gasteiger partial charge on any atom is 0.384 e. The summed E-state index contributed by atoms with van der Waals surface area (Å²) in [6.45, 7) is 0. The normalized spacial score (nSPS) is 17.3. The van der Waals surface area contributed by atoms with Crippen LogP contribution in [0.1, 0.15) is 24.0 Å². The summed E-state index contributed by atoms with van der Waals surface area (Å²) < 4.78 is 12.7. The zero-order valence-electron chi connectivity index (χ0n) is 24.5. The second-order valence-electron chi connectivity index (χ2n) is 11.8. The lowest BCUT2D eigenvalue weighted by Gasteiger charge is -2.19. The molecule has 0 bridgehead atoms. The molecule has 0 spiro atoms. The van der Waals surface area contributed by atoms with Crippen LogP contribution in [0.3, 0.4) is 0 Å². The third kappa shape index (κ3) is 4.13. The van der Waals surface area contributed by atoms with E-state index in [2.05, 4.69) is 0 Å². The molecule has 46 heavy (non-hydrogen) atoms.